The third-order valence-corrected chi connectivity index (χ3v) is 3.90. The smallest absolute Gasteiger partial charge is 0.305 e. The van der Waals surface area contributed by atoms with Gasteiger partial charge in [-0.15, -0.1) is 0 Å². The average molecular weight is 241 g/mol. The van der Waals surface area contributed by atoms with Crippen LogP contribution in [0.4, 0.5) is 0 Å². The molecule has 98 valence electrons. The van der Waals surface area contributed by atoms with Crippen molar-refractivity contribution >= 4 is 5.97 Å². The number of carboxylic acid groups (broad SMARTS) is 1. The fraction of sp³-hybridized carbons (Fsp3) is 0.917. The molecule has 1 atom stereocenters. The van der Waals surface area contributed by atoms with Gasteiger partial charge in [0.25, 0.3) is 0 Å². The van der Waals surface area contributed by atoms with Crippen molar-refractivity contribution in [2.45, 2.75) is 24.8 Å². The first kappa shape index (κ1) is 12.8. The molecule has 2 aliphatic heterocycles. The first-order valence-electron chi connectivity index (χ1n) is 6.46. The van der Waals surface area contributed by atoms with Crippen molar-refractivity contribution in [2.24, 2.45) is 5.92 Å². The van der Waals surface area contributed by atoms with Gasteiger partial charge in [-0.2, -0.15) is 0 Å². The highest BCUT2D eigenvalue weighted by Crippen LogP contribution is 2.19. The molecule has 0 radical (unpaired) electrons. The lowest BCUT2D eigenvalue weighted by molar-refractivity contribution is -0.139. The molecule has 0 spiro atoms. The molecule has 2 heterocycles. The summed E-state index contributed by atoms with van der Waals surface area (Å²) in [7, 11) is 2.16. The summed E-state index contributed by atoms with van der Waals surface area (Å²) in [6.45, 7) is 4.82. The second kappa shape index (κ2) is 5.33. The Morgan fingerprint density at radius 2 is 2.35 bits per heavy atom. The highest BCUT2D eigenvalue weighted by Gasteiger charge is 2.39. The number of aliphatic carboxylic acids is 1. The SMILES string of the molecule is CN1CCCC(CNC2(CC(=O)O)CNC2)C1. The van der Waals surface area contributed by atoms with E-state index in [4.69, 9.17) is 5.11 Å². The Morgan fingerprint density at radius 3 is 2.88 bits per heavy atom. The van der Waals surface area contributed by atoms with Crippen molar-refractivity contribution < 1.29 is 9.90 Å². The standard InChI is InChI=1S/C12H23N3O2/c1-15-4-2-3-10(7-15)6-14-12(5-11(16)17)8-13-9-12/h10,13-14H,2-9H2,1H3,(H,16,17). The van der Waals surface area contributed by atoms with E-state index in [1.165, 1.54) is 19.4 Å². The summed E-state index contributed by atoms with van der Waals surface area (Å²) in [6, 6.07) is 0. The number of nitrogens with one attached hydrogen (secondary N) is 2. The molecule has 1 unspecified atom stereocenters. The Kier molecular flexibility index (Phi) is 4.01. The van der Waals surface area contributed by atoms with Crippen molar-refractivity contribution in [3.63, 3.8) is 0 Å². The zero-order chi connectivity index (χ0) is 12.3. The van der Waals surface area contributed by atoms with Crippen LogP contribution in [0.2, 0.25) is 0 Å². The first-order valence-corrected chi connectivity index (χ1v) is 6.46. The summed E-state index contributed by atoms with van der Waals surface area (Å²) >= 11 is 0. The fourth-order valence-corrected chi connectivity index (χ4v) is 2.83. The summed E-state index contributed by atoms with van der Waals surface area (Å²) in [4.78, 5) is 13.2. The lowest BCUT2D eigenvalue weighted by Gasteiger charge is -2.44. The van der Waals surface area contributed by atoms with Crippen molar-refractivity contribution in [3.05, 3.63) is 0 Å². The van der Waals surface area contributed by atoms with E-state index in [-0.39, 0.29) is 12.0 Å². The predicted molar refractivity (Wildman–Crippen MR) is 66.1 cm³/mol. The normalized spacial score (nSPS) is 28.6. The number of carbonyl (C=O) groups is 1. The summed E-state index contributed by atoms with van der Waals surface area (Å²) in [5.41, 5.74) is -0.193. The molecule has 2 fully saturated rings. The second-order valence-corrected chi connectivity index (χ2v) is 5.61. The van der Waals surface area contributed by atoms with Crippen LogP contribution in [-0.4, -0.2) is 61.3 Å². The Hall–Kier alpha value is -0.650. The number of piperidine rings is 1. The van der Waals surface area contributed by atoms with Crippen molar-refractivity contribution in [1.29, 1.82) is 0 Å². The zero-order valence-corrected chi connectivity index (χ0v) is 10.5. The Bertz CT molecular complexity index is 279. The molecule has 0 aromatic carbocycles. The number of hydrogen-bond acceptors (Lipinski definition) is 4. The lowest BCUT2D eigenvalue weighted by atomic mass is 9.87. The van der Waals surface area contributed by atoms with Crippen LogP contribution in [0.5, 0.6) is 0 Å². The van der Waals surface area contributed by atoms with Crippen LogP contribution in [0.25, 0.3) is 0 Å². The van der Waals surface area contributed by atoms with Crippen LogP contribution >= 0.6 is 0 Å². The maximum absolute atomic E-state index is 10.8. The molecule has 2 rings (SSSR count). The van der Waals surface area contributed by atoms with Gasteiger partial charge in [-0.1, -0.05) is 0 Å². The topological polar surface area (TPSA) is 64.6 Å². The number of likely N-dealkylation sites (tertiary alicyclic amines) is 1. The van der Waals surface area contributed by atoms with Gasteiger partial charge in [0.1, 0.15) is 0 Å². The van der Waals surface area contributed by atoms with Crippen molar-refractivity contribution in [3.8, 4) is 0 Å². The summed E-state index contributed by atoms with van der Waals surface area (Å²) < 4.78 is 0. The largest absolute Gasteiger partial charge is 0.481 e. The van der Waals surface area contributed by atoms with Gasteiger partial charge in [-0.25, -0.2) is 0 Å². The van der Waals surface area contributed by atoms with E-state index < -0.39 is 5.97 Å². The monoisotopic (exact) mass is 241 g/mol. The van der Waals surface area contributed by atoms with E-state index in [1.807, 2.05) is 0 Å². The molecule has 0 aliphatic carbocycles. The number of hydrogen-bond donors (Lipinski definition) is 3. The molecular formula is C12H23N3O2. The maximum Gasteiger partial charge on any atom is 0.305 e. The number of carboxylic acids is 1. The third kappa shape index (κ3) is 3.40. The zero-order valence-electron chi connectivity index (χ0n) is 10.5. The minimum Gasteiger partial charge on any atom is -0.481 e. The Labute approximate surface area is 103 Å². The van der Waals surface area contributed by atoms with E-state index in [0.29, 0.717) is 5.92 Å². The molecule has 2 saturated heterocycles. The van der Waals surface area contributed by atoms with E-state index in [2.05, 4.69) is 22.6 Å². The minimum absolute atomic E-state index is 0.193. The van der Waals surface area contributed by atoms with Gasteiger partial charge in [0.2, 0.25) is 0 Å². The summed E-state index contributed by atoms with van der Waals surface area (Å²) in [5.74, 6) is -0.0419. The van der Waals surface area contributed by atoms with Crippen molar-refractivity contribution in [1.82, 2.24) is 15.5 Å². The first-order chi connectivity index (χ1) is 8.10. The molecule has 0 bridgehead atoms. The molecular weight excluding hydrogens is 218 g/mol. The Morgan fingerprint density at radius 1 is 1.59 bits per heavy atom. The average Bonchev–Trinajstić information content (AvgIpc) is 2.21. The van der Waals surface area contributed by atoms with Crippen LogP contribution in [0.1, 0.15) is 19.3 Å². The van der Waals surface area contributed by atoms with Crippen LogP contribution in [0, 0.1) is 5.92 Å². The van der Waals surface area contributed by atoms with Gasteiger partial charge in [0.05, 0.1) is 12.0 Å². The van der Waals surface area contributed by atoms with Gasteiger partial charge in [0.15, 0.2) is 0 Å². The minimum atomic E-state index is -0.709. The summed E-state index contributed by atoms with van der Waals surface area (Å²) in [5, 5.41) is 15.6. The van der Waals surface area contributed by atoms with Crippen molar-refractivity contribution in [2.75, 3.05) is 39.8 Å². The molecule has 0 amide bonds. The number of rotatable bonds is 5. The molecule has 0 aromatic heterocycles. The summed E-state index contributed by atoms with van der Waals surface area (Å²) in [6.07, 6.45) is 2.74. The fourth-order valence-electron chi connectivity index (χ4n) is 2.83. The highest BCUT2D eigenvalue weighted by molar-refractivity contribution is 5.68. The molecule has 2 aliphatic rings. The highest BCUT2D eigenvalue weighted by atomic mass is 16.4. The van der Waals surface area contributed by atoms with Crippen LogP contribution < -0.4 is 10.6 Å². The van der Waals surface area contributed by atoms with E-state index in [0.717, 1.165) is 26.2 Å². The van der Waals surface area contributed by atoms with Gasteiger partial charge in [-0.3, -0.25) is 4.79 Å². The molecule has 0 saturated carbocycles. The second-order valence-electron chi connectivity index (χ2n) is 5.61. The van der Waals surface area contributed by atoms with Gasteiger partial charge in [-0.05, 0) is 38.9 Å². The van der Waals surface area contributed by atoms with Crippen LogP contribution in [-0.2, 0) is 4.79 Å². The lowest BCUT2D eigenvalue weighted by Crippen LogP contribution is -2.69. The van der Waals surface area contributed by atoms with Crippen LogP contribution in [0.15, 0.2) is 0 Å². The Balaban J connectivity index is 1.77. The van der Waals surface area contributed by atoms with E-state index in [1.54, 1.807) is 0 Å². The van der Waals surface area contributed by atoms with E-state index >= 15 is 0 Å². The third-order valence-electron chi connectivity index (χ3n) is 3.90. The number of nitrogens with zero attached hydrogens (tertiary/aromatic N) is 1. The van der Waals surface area contributed by atoms with Gasteiger partial charge >= 0.3 is 5.97 Å². The maximum atomic E-state index is 10.8. The molecule has 3 N–H and O–H groups in total. The molecule has 5 heteroatoms. The molecule has 5 nitrogen and oxygen atoms in total. The molecule has 17 heavy (non-hydrogen) atoms. The van der Waals surface area contributed by atoms with Gasteiger partial charge in [0, 0.05) is 19.6 Å². The molecule has 0 aromatic rings. The van der Waals surface area contributed by atoms with Gasteiger partial charge < -0.3 is 20.6 Å². The van der Waals surface area contributed by atoms with Crippen LogP contribution in [0.3, 0.4) is 0 Å². The predicted octanol–water partition coefficient (Wildman–Crippen LogP) is -0.265. The van der Waals surface area contributed by atoms with E-state index in [9.17, 15) is 4.79 Å². The quantitative estimate of drug-likeness (QED) is 0.619.